The van der Waals surface area contributed by atoms with E-state index in [2.05, 4.69) is 10.3 Å². The maximum absolute atomic E-state index is 12.7. The van der Waals surface area contributed by atoms with E-state index in [1.165, 1.54) is 56.7 Å². The van der Waals surface area contributed by atoms with Crippen LogP contribution in [0.5, 0.6) is 0 Å². The van der Waals surface area contributed by atoms with Gasteiger partial charge in [-0.25, -0.2) is 4.79 Å². The van der Waals surface area contributed by atoms with E-state index >= 15 is 0 Å². The van der Waals surface area contributed by atoms with Gasteiger partial charge < -0.3 is 10.2 Å². The van der Waals surface area contributed by atoms with Gasteiger partial charge in [0.2, 0.25) is 0 Å². The van der Waals surface area contributed by atoms with E-state index in [1.807, 2.05) is 17.0 Å². The number of hydrogen-bond donors (Lipinski definition) is 1. The minimum atomic E-state index is -0.0400. The van der Waals surface area contributed by atoms with Gasteiger partial charge in [0.15, 0.2) is 5.12 Å². The van der Waals surface area contributed by atoms with Crippen molar-refractivity contribution in [3.8, 4) is 0 Å². The molecule has 0 spiro atoms. The molecule has 5 nitrogen and oxygen atoms in total. The normalized spacial score (nSPS) is 15.6. The smallest absolute Gasteiger partial charge is 0.317 e. The summed E-state index contributed by atoms with van der Waals surface area (Å²) in [6, 6.07) is 3.77. The maximum Gasteiger partial charge on any atom is 0.317 e. The number of carbonyl (C=O) groups is 2. The Hall–Kier alpha value is -1.56. The van der Waals surface area contributed by atoms with Crippen LogP contribution in [0.2, 0.25) is 0 Å². The Labute approximate surface area is 167 Å². The second-order valence-corrected chi connectivity index (χ2v) is 8.61. The zero-order chi connectivity index (χ0) is 19.3. The molecule has 0 unspecified atom stereocenters. The van der Waals surface area contributed by atoms with Crippen LogP contribution in [0, 0.1) is 5.92 Å². The summed E-state index contributed by atoms with van der Waals surface area (Å²) >= 11 is 1.29. The van der Waals surface area contributed by atoms with Crippen molar-refractivity contribution in [3.05, 3.63) is 30.1 Å². The molecule has 1 N–H and O–H groups in total. The number of aromatic nitrogens is 1. The van der Waals surface area contributed by atoms with E-state index < -0.39 is 0 Å². The number of hydrogen-bond acceptors (Lipinski definition) is 4. The molecular formula is C21H33N3O2S. The summed E-state index contributed by atoms with van der Waals surface area (Å²) in [5.41, 5.74) is 1.04. The lowest BCUT2D eigenvalue weighted by atomic mass is 9.89. The number of rotatable bonds is 8. The Bertz CT molecular complexity index is 560. The molecule has 0 atom stereocenters. The van der Waals surface area contributed by atoms with Crippen LogP contribution in [0.4, 0.5) is 4.79 Å². The third-order valence-corrected chi connectivity index (χ3v) is 5.97. The van der Waals surface area contributed by atoms with Crippen molar-refractivity contribution in [1.82, 2.24) is 15.2 Å². The Morgan fingerprint density at radius 3 is 2.44 bits per heavy atom. The highest BCUT2D eigenvalue weighted by molar-refractivity contribution is 8.13. The van der Waals surface area contributed by atoms with Gasteiger partial charge >= 0.3 is 6.03 Å². The minimum absolute atomic E-state index is 0.0400. The molecule has 0 bridgehead atoms. The van der Waals surface area contributed by atoms with Gasteiger partial charge in [0, 0.05) is 44.7 Å². The second-order valence-electron chi connectivity index (χ2n) is 7.34. The Morgan fingerprint density at radius 2 is 1.78 bits per heavy atom. The molecule has 1 aromatic heterocycles. The van der Waals surface area contributed by atoms with Gasteiger partial charge in [0.1, 0.15) is 0 Å². The number of pyridine rings is 1. The molecule has 6 heteroatoms. The SMILES string of the molecule is CC(=O)SCCN(CCC1CCCCCCC1)C(=O)NCc1ccncc1. The van der Waals surface area contributed by atoms with E-state index in [-0.39, 0.29) is 11.1 Å². The molecule has 1 aliphatic rings. The largest absolute Gasteiger partial charge is 0.334 e. The number of amides is 2. The highest BCUT2D eigenvalue weighted by atomic mass is 32.2. The first kappa shape index (κ1) is 21.7. The highest BCUT2D eigenvalue weighted by Crippen LogP contribution is 2.25. The van der Waals surface area contributed by atoms with Crippen LogP contribution in [0.25, 0.3) is 0 Å². The van der Waals surface area contributed by atoms with Gasteiger partial charge in [-0.2, -0.15) is 0 Å². The van der Waals surface area contributed by atoms with Gasteiger partial charge in [-0.1, -0.05) is 56.7 Å². The Morgan fingerprint density at radius 1 is 1.11 bits per heavy atom. The van der Waals surface area contributed by atoms with Crippen molar-refractivity contribution in [2.24, 2.45) is 5.92 Å². The molecule has 150 valence electrons. The van der Waals surface area contributed by atoms with E-state index in [0.717, 1.165) is 24.4 Å². The lowest BCUT2D eigenvalue weighted by Crippen LogP contribution is -2.42. The molecule has 1 saturated carbocycles. The lowest BCUT2D eigenvalue weighted by Gasteiger charge is -2.26. The highest BCUT2D eigenvalue weighted by Gasteiger charge is 2.17. The van der Waals surface area contributed by atoms with Gasteiger partial charge in [0.05, 0.1) is 0 Å². The monoisotopic (exact) mass is 391 g/mol. The number of nitrogens with one attached hydrogen (secondary N) is 1. The fourth-order valence-corrected chi connectivity index (χ4v) is 4.17. The van der Waals surface area contributed by atoms with Gasteiger partial charge in [-0.15, -0.1) is 0 Å². The van der Waals surface area contributed by atoms with Crippen LogP contribution < -0.4 is 5.32 Å². The maximum atomic E-state index is 12.7. The van der Waals surface area contributed by atoms with Gasteiger partial charge in [-0.3, -0.25) is 9.78 Å². The van der Waals surface area contributed by atoms with Crippen LogP contribution >= 0.6 is 11.8 Å². The number of thioether (sulfide) groups is 1. The summed E-state index contributed by atoms with van der Waals surface area (Å²) in [7, 11) is 0. The first-order chi connectivity index (χ1) is 13.1. The standard InChI is InChI=1S/C21H33N3O2S/c1-18(25)27-16-15-24(14-11-19-7-5-3-2-4-6-8-19)21(26)23-17-20-9-12-22-13-10-20/h9-10,12-13,19H,2-8,11,14-17H2,1H3,(H,23,26). The summed E-state index contributed by atoms with van der Waals surface area (Å²) in [5, 5.41) is 3.12. The third-order valence-electron chi connectivity index (χ3n) is 5.18. The minimum Gasteiger partial charge on any atom is -0.334 e. The topological polar surface area (TPSA) is 62.3 Å². The number of carbonyl (C=O) groups excluding carboxylic acids is 2. The van der Waals surface area contributed by atoms with E-state index in [9.17, 15) is 9.59 Å². The van der Waals surface area contributed by atoms with Crippen molar-refractivity contribution in [1.29, 1.82) is 0 Å². The summed E-state index contributed by atoms with van der Waals surface area (Å²) in [6.45, 7) is 3.46. The number of urea groups is 1. The third kappa shape index (κ3) is 9.27. The first-order valence-corrected chi connectivity index (χ1v) is 11.2. The van der Waals surface area contributed by atoms with Gasteiger partial charge in [-0.05, 0) is 30.0 Å². The summed E-state index contributed by atoms with van der Waals surface area (Å²) in [5.74, 6) is 1.38. The van der Waals surface area contributed by atoms with Crippen LogP contribution in [0.3, 0.4) is 0 Å². The Kier molecular flexibility index (Phi) is 10.3. The molecule has 0 aliphatic heterocycles. The molecule has 2 amide bonds. The molecule has 27 heavy (non-hydrogen) atoms. The Balaban J connectivity index is 1.84. The molecule has 0 radical (unpaired) electrons. The fourth-order valence-electron chi connectivity index (χ4n) is 3.57. The quantitative estimate of drug-likeness (QED) is 0.702. The van der Waals surface area contributed by atoms with E-state index in [1.54, 1.807) is 19.3 Å². The van der Waals surface area contributed by atoms with E-state index in [4.69, 9.17) is 0 Å². The molecule has 1 aliphatic carbocycles. The summed E-state index contributed by atoms with van der Waals surface area (Å²) in [4.78, 5) is 29.8. The zero-order valence-corrected chi connectivity index (χ0v) is 17.3. The van der Waals surface area contributed by atoms with Crippen molar-refractivity contribution < 1.29 is 9.59 Å². The van der Waals surface area contributed by atoms with Crippen molar-refractivity contribution in [2.75, 3.05) is 18.8 Å². The molecule has 1 aromatic rings. The summed E-state index contributed by atoms with van der Waals surface area (Å²) < 4.78 is 0. The summed E-state index contributed by atoms with van der Waals surface area (Å²) in [6.07, 6.45) is 13.8. The zero-order valence-electron chi connectivity index (χ0n) is 16.5. The van der Waals surface area contributed by atoms with Crippen LogP contribution in [0.15, 0.2) is 24.5 Å². The molecular weight excluding hydrogens is 358 g/mol. The average molecular weight is 392 g/mol. The average Bonchev–Trinajstić information content (AvgIpc) is 2.64. The van der Waals surface area contributed by atoms with Crippen LogP contribution in [0.1, 0.15) is 63.9 Å². The number of nitrogens with zero attached hydrogens (tertiary/aromatic N) is 2. The fraction of sp³-hybridized carbons (Fsp3) is 0.667. The van der Waals surface area contributed by atoms with Gasteiger partial charge in [0.25, 0.3) is 0 Å². The molecule has 0 aromatic carbocycles. The van der Waals surface area contributed by atoms with Crippen LogP contribution in [-0.2, 0) is 11.3 Å². The molecule has 0 saturated heterocycles. The molecule has 1 heterocycles. The predicted octanol–water partition coefficient (Wildman–Crippen LogP) is 4.62. The first-order valence-electron chi connectivity index (χ1n) is 10.2. The molecule has 2 rings (SSSR count). The van der Waals surface area contributed by atoms with Crippen molar-refractivity contribution in [3.63, 3.8) is 0 Å². The van der Waals surface area contributed by atoms with Crippen molar-refractivity contribution in [2.45, 2.75) is 64.8 Å². The van der Waals surface area contributed by atoms with Crippen molar-refractivity contribution >= 4 is 22.9 Å². The van der Waals surface area contributed by atoms with E-state index in [0.29, 0.717) is 18.8 Å². The molecule has 1 fully saturated rings. The lowest BCUT2D eigenvalue weighted by molar-refractivity contribution is -0.109. The second kappa shape index (κ2) is 12.8. The predicted molar refractivity (Wildman–Crippen MR) is 112 cm³/mol. The van der Waals surface area contributed by atoms with Crippen LogP contribution in [-0.4, -0.2) is 39.9 Å².